The first-order chi connectivity index (χ1) is 8.56. The Bertz CT molecular complexity index is 476. The highest BCUT2D eigenvalue weighted by Crippen LogP contribution is 2.16. The molecule has 0 bridgehead atoms. The molecular weight excluding hydrogens is 254 g/mol. The van der Waals surface area contributed by atoms with Crippen LogP contribution in [0, 0.1) is 0 Å². The molecule has 6 nitrogen and oxygen atoms in total. The van der Waals surface area contributed by atoms with Gasteiger partial charge in [0.25, 0.3) is 0 Å². The van der Waals surface area contributed by atoms with E-state index in [1.807, 2.05) is 13.8 Å². The number of thioether (sulfide) groups is 1. The van der Waals surface area contributed by atoms with Gasteiger partial charge in [-0.05, 0) is 20.8 Å². The molecule has 0 fully saturated rings. The van der Waals surface area contributed by atoms with E-state index in [9.17, 15) is 9.59 Å². The number of carbonyl (C=O) groups excluding carboxylic acids is 1. The molecule has 1 aromatic heterocycles. The van der Waals surface area contributed by atoms with Crippen molar-refractivity contribution in [1.82, 2.24) is 14.8 Å². The van der Waals surface area contributed by atoms with Crippen LogP contribution in [-0.2, 0) is 9.53 Å². The van der Waals surface area contributed by atoms with Crippen molar-refractivity contribution in [2.24, 2.45) is 0 Å². The van der Waals surface area contributed by atoms with Gasteiger partial charge in [0.2, 0.25) is 0 Å². The predicted molar refractivity (Wildman–Crippen MR) is 69.7 cm³/mol. The van der Waals surface area contributed by atoms with Crippen molar-refractivity contribution in [3.63, 3.8) is 0 Å². The molecule has 0 radical (unpaired) electrons. The number of nitrogens with one attached hydrogen (secondary N) is 1. The summed E-state index contributed by atoms with van der Waals surface area (Å²) in [5.74, 6) is 0.192. The summed E-state index contributed by atoms with van der Waals surface area (Å²) >= 11 is 1.38. The van der Waals surface area contributed by atoms with Gasteiger partial charge in [0.05, 0.1) is 6.61 Å². The van der Waals surface area contributed by atoms with Crippen LogP contribution >= 0.6 is 11.8 Å². The Hall–Kier alpha value is -1.50. The fourth-order valence-corrected chi connectivity index (χ4v) is 2.19. The second-order valence-corrected chi connectivity index (χ2v) is 4.73. The minimum absolute atomic E-state index is 0.0489. The van der Waals surface area contributed by atoms with Gasteiger partial charge in [0, 0.05) is 17.9 Å². The summed E-state index contributed by atoms with van der Waals surface area (Å²) in [5, 5.41) is 6.95. The second kappa shape index (κ2) is 7.05. The fraction of sp³-hybridized carbons (Fsp3) is 0.545. The molecule has 0 atom stereocenters. The molecule has 0 aliphatic heterocycles. The van der Waals surface area contributed by atoms with Crippen LogP contribution in [-0.4, -0.2) is 33.1 Å². The second-order valence-electron chi connectivity index (χ2n) is 3.74. The molecule has 100 valence electrons. The van der Waals surface area contributed by atoms with Gasteiger partial charge in [-0.15, -0.1) is 5.10 Å². The fourth-order valence-electron chi connectivity index (χ4n) is 1.30. The molecular formula is C11H17N3O3S. The molecule has 18 heavy (non-hydrogen) atoms. The van der Waals surface area contributed by atoms with E-state index in [4.69, 9.17) is 4.74 Å². The Balaban J connectivity index is 2.54. The number of carbonyl (C=O) groups is 1. The van der Waals surface area contributed by atoms with Gasteiger partial charge < -0.3 is 4.74 Å². The molecule has 1 aromatic rings. The molecule has 7 heteroatoms. The van der Waals surface area contributed by atoms with Crippen LogP contribution in [0.1, 0.15) is 26.8 Å². The summed E-state index contributed by atoms with van der Waals surface area (Å²) in [6, 6.07) is 0.0489. The van der Waals surface area contributed by atoms with Gasteiger partial charge in [-0.3, -0.25) is 4.57 Å². The van der Waals surface area contributed by atoms with E-state index in [1.54, 1.807) is 17.6 Å². The average molecular weight is 271 g/mol. The first-order valence-electron chi connectivity index (χ1n) is 5.69. The third kappa shape index (κ3) is 4.06. The van der Waals surface area contributed by atoms with Crippen LogP contribution in [0.2, 0.25) is 0 Å². The Morgan fingerprint density at radius 3 is 2.94 bits per heavy atom. The normalized spacial score (nSPS) is 11.3. The Labute approximate surface area is 109 Å². The van der Waals surface area contributed by atoms with Crippen molar-refractivity contribution in [1.29, 1.82) is 0 Å². The van der Waals surface area contributed by atoms with Crippen LogP contribution in [0.25, 0.3) is 0 Å². The number of aromatic amines is 1. The third-order valence-electron chi connectivity index (χ3n) is 2.04. The zero-order valence-corrected chi connectivity index (χ0v) is 11.5. The number of rotatable bonds is 6. The number of nitrogens with zero attached hydrogens (tertiary/aromatic N) is 2. The lowest BCUT2D eigenvalue weighted by atomic mass is 10.4. The lowest BCUT2D eigenvalue weighted by molar-refractivity contribution is -0.137. The van der Waals surface area contributed by atoms with Crippen LogP contribution in [0.3, 0.4) is 0 Å². The summed E-state index contributed by atoms with van der Waals surface area (Å²) in [5.41, 5.74) is -0.220. The van der Waals surface area contributed by atoms with Crippen molar-refractivity contribution in [2.75, 3.05) is 12.4 Å². The third-order valence-corrected chi connectivity index (χ3v) is 2.94. The van der Waals surface area contributed by atoms with Crippen LogP contribution < -0.4 is 5.69 Å². The zero-order chi connectivity index (χ0) is 13.5. The monoisotopic (exact) mass is 271 g/mol. The number of hydrogen-bond donors (Lipinski definition) is 1. The number of ether oxygens (including phenoxy) is 1. The van der Waals surface area contributed by atoms with Crippen molar-refractivity contribution in [2.45, 2.75) is 32.0 Å². The first kappa shape index (κ1) is 14.6. The van der Waals surface area contributed by atoms with Crippen molar-refractivity contribution in [3.8, 4) is 0 Å². The zero-order valence-electron chi connectivity index (χ0n) is 10.7. The summed E-state index contributed by atoms with van der Waals surface area (Å²) < 4.78 is 6.32. The van der Waals surface area contributed by atoms with Crippen molar-refractivity contribution < 1.29 is 9.53 Å². The molecule has 0 aromatic carbocycles. The highest BCUT2D eigenvalue weighted by atomic mass is 32.2. The number of aromatic nitrogens is 3. The topological polar surface area (TPSA) is 77.0 Å². The molecule has 0 saturated carbocycles. The molecule has 1 rings (SSSR count). The van der Waals surface area contributed by atoms with Crippen molar-refractivity contribution in [3.05, 3.63) is 22.6 Å². The molecule has 0 spiro atoms. The maximum atomic E-state index is 11.4. The van der Waals surface area contributed by atoms with Crippen molar-refractivity contribution >= 4 is 17.7 Å². The molecule has 1 heterocycles. The smallest absolute Gasteiger partial charge is 0.344 e. The van der Waals surface area contributed by atoms with E-state index < -0.39 is 0 Å². The van der Waals surface area contributed by atoms with Gasteiger partial charge in [-0.25, -0.2) is 14.7 Å². The van der Waals surface area contributed by atoms with Gasteiger partial charge in [-0.1, -0.05) is 17.8 Å². The summed E-state index contributed by atoms with van der Waals surface area (Å²) in [7, 11) is 0. The van der Waals surface area contributed by atoms with Crippen LogP contribution in [0.5, 0.6) is 0 Å². The van der Waals surface area contributed by atoms with Crippen LogP contribution in [0.4, 0.5) is 0 Å². The first-order valence-corrected chi connectivity index (χ1v) is 6.67. The highest BCUT2D eigenvalue weighted by molar-refractivity contribution is 7.99. The van der Waals surface area contributed by atoms with E-state index in [2.05, 4.69) is 10.2 Å². The molecule has 0 aliphatic carbocycles. The Morgan fingerprint density at radius 1 is 1.61 bits per heavy atom. The Kier molecular flexibility index (Phi) is 5.70. The largest absolute Gasteiger partial charge is 0.463 e. The maximum Gasteiger partial charge on any atom is 0.344 e. The Morgan fingerprint density at radius 2 is 2.33 bits per heavy atom. The summed E-state index contributed by atoms with van der Waals surface area (Å²) in [4.78, 5) is 22.5. The van der Waals surface area contributed by atoms with E-state index in [0.29, 0.717) is 17.5 Å². The maximum absolute atomic E-state index is 11.4. The van der Waals surface area contributed by atoms with E-state index in [0.717, 1.165) is 0 Å². The van der Waals surface area contributed by atoms with Gasteiger partial charge in [0.15, 0.2) is 5.16 Å². The average Bonchev–Trinajstić information content (AvgIpc) is 2.66. The van der Waals surface area contributed by atoms with E-state index >= 15 is 0 Å². The molecule has 0 saturated heterocycles. The molecule has 1 N–H and O–H groups in total. The summed E-state index contributed by atoms with van der Waals surface area (Å²) in [6.07, 6.45) is 3.06. The molecule has 0 unspecified atom stereocenters. The van der Waals surface area contributed by atoms with Gasteiger partial charge >= 0.3 is 11.7 Å². The van der Waals surface area contributed by atoms with Gasteiger partial charge in [-0.2, -0.15) is 0 Å². The standard InChI is InChI=1S/C11H17N3O3S/c1-4-17-9(15)6-5-7-18-11-13-12-10(16)14(11)8(2)3/h5-6,8H,4,7H2,1-3H3,(H,12,16)/b6-5+. The SMILES string of the molecule is CCOC(=O)/C=C/CSc1n[nH]c(=O)n1C(C)C. The molecule has 0 amide bonds. The van der Waals surface area contributed by atoms with Crippen LogP contribution in [0.15, 0.2) is 22.1 Å². The number of esters is 1. The molecule has 0 aliphatic rings. The minimum atomic E-state index is -0.360. The number of hydrogen-bond acceptors (Lipinski definition) is 5. The minimum Gasteiger partial charge on any atom is -0.463 e. The predicted octanol–water partition coefficient (Wildman–Crippen LogP) is 1.36. The highest BCUT2D eigenvalue weighted by Gasteiger charge is 2.10. The quantitative estimate of drug-likeness (QED) is 0.480. The van der Waals surface area contributed by atoms with E-state index in [1.165, 1.54) is 17.8 Å². The van der Waals surface area contributed by atoms with E-state index in [-0.39, 0.29) is 17.7 Å². The lowest BCUT2D eigenvalue weighted by Gasteiger charge is -2.07. The van der Waals surface area contributed by atoms with Gasteiger partial charge in [0.1, 0.15) is 0 Å². The number of H-pyrrole nitrogens is 1. The summed E-state index contributed by atoms with van der Waals surface area (Å²) in [6.45, 7) is 5.94. The lowest BCUT2D eigenvalue weighted by Crippen LogP contribution is -2.19.